The number of pyridine rings is 1. The molecule has 1 aromatic heterocycles. The van der Waals surface area contributed by atoms with Crippen LogP contribution in [-0.4, -0.2) is 23.7 Å². The summed E-state index contributed by atoms with van der Waals surface area (Å²) in [7, 11) is 1.74. The van der Waals surface area contributed by atoms with Crippen LogP contribution in [0.2, 0.25) is 0 Å². The molecule has 0 saturated heterocycles. The highest BCUT2D eigenvalue weighted by atomic mass is 16.5. The van der Waals surface area contributed by atoms with Crippen molar-refractivity contribution in [2.24, 2.45) is 0 Å². The van der Waals surface area contributed by atoms with Gasteiger partial charge >= 0.3 is 0 Å². The fraction of sp³-hybridized carbons (Fsp3) is 0.615. The molecule has 4 nitrogen and oxygen atoms in total. The Morgan fingerprint density at radius 3 is 2.82 bits per heavy atom. The molecule has 4 heteroatoms. The third-order valence-corrected chi connectivity index (χ3v) is 2.92. The Hall–Kier alpha value is -1.13. The first-order valence-corrected chi connectivity index (χ1v) is 5.92. The molecule has 0 fully saturated rings. The zero-order chi connectivity index (χ0) is 12.9. The van der Waals surface area contributed by atoms with Crippen molar-refractivity contribution in [3.63, 3.8) is 0 Å². The van der Waals surface area contributed by atoms with Crippen LogP contribution in [-0.2, 0) is 11.3 Å². The van der Waals surface area contributed by atoms with E-state index in [2.05, 4.69) is 31.1 Å². The fourth-order valence-electron chi connectivity index (χ4n) is 1.78. The van der Waals surface area contributed by atoms with Gasteiger partial charge in [0.2, 0.25) is 0 Å². The Balaban J connectivity index is 2.44. The number of hydrogen-bond donors (Lipinski definition) is 2. The number of methoxy groups -OCH3 is 1. The first kappa shape index (κ1) is 13.9. The molecule has 0 aliphatic heterocycles. The fourth-order valence-corrected chi connectivity index (χ4v) is 1.78. The van der Waals surface area contributed by atoms with Crippen LogP contribution in [0.3, 0.4) is 0 Å². The molecule has 1 rings (SSSR count). The van der Waals surface area contributed by atoms with Gasteiger partial charge in [-0.15, -0.1) is 0 Å². The molecule has 3 N–H and O–H groups in total. The lowest BCUT2D eigenvalue weighted by Gasteiger charge is -2.27. The molecule has 1 atom stereocenters. The summed E-state index contributed by atoms with van der Waals surface area (Å²) in [5.41, 5.74) is 6.72. The highest BCUT2D eigenvalue weighted by Gasteiger charge is 2.19. The Morgan fingerprint density at radius 2 is 2.24 bits per heavy atom. The molecule has 0 bridgehead atoms. The highest BCUT2D eigenvalue weighted by Crippen LogP contribution is 2.16. The maximum absolute atomic E-state index is 5.78. The van der Waals surface area contributed by atoms with Crippen LogP contribution in [0.5, 0.6) is 0 Å². The van der Waals surface area contributed by atoms with Gasteiger partial charge in [0.05, 0.1) is 5.60 Å². The predicted molar refractivity (Wildman–Crippen MR) is 70.7 cm³/mol. The summed E-state index contributed by atoms with van der Waals surface area (Å²) in [6, 6.07) is 4.25. The molecule has 1 heterocycles. The second kappa shape index (κ2) is 5.98. The second-order valence-corrected chi connectivity index (χ2v) is 5.00. The molecule has 0 saturated carbocycles. The van der Waals surface area contributed by atoms with Crippen LogP contribution in [0.15, 0.2) is 18.3 Å². The van der Waals surface area contributed by atoms with Gasteiger partial charge in [-0.25, -0.2) is 4.98 Å². The molecule has 1 aromatic rings. The van der Waals surface area contributed by atoms with Crippen molar-refractivity contribution in [2.45, 2.75) is 45.4 Å². The Bertz CT molecular complexity index is 352. The molecule has 0 amide bonds. The molecule has 0 aliphatic carbocycles. The monoisotopic (exact) mass is 237 g/mol. The lowest BCUT2D eigenvalue weighted by molar-refractivity contribution is 0.00845. The van der Waals surface area contributed by atoms with Crippen molar-refractivity contribution in [2.75, 3.05) is 12.8 Å². The number of nitrogens with zero attached hydrogens (tertiary/aromatic N) is 1. The first-order valence-electron chi connectivity index (χ1n) is 5.92. The molecule has 96 valence electrons. The number of hydrogen-bond acceptors (Lipinski definition) is 4. The van der Waals surface area contributed by atoms with Gasteiger partial charge in [0.15, 0.2) is 0 Å². The summed E-state index contributed by atoms with van der Waals surface area (Å²) in [6.45, 7) is 7.06. The maximum atomic E-state index is 5.78. The predicted octanol–water partition coefficient (Wildman–Crippen LogP) is 1.96. The minimum absolute atomic E-state index is 0.104. The summed E-state index contributed by atoms with van der Waals surface area (Å²) in [5, 5.41) is 3.43. The zero-order valence-corrected chi connectivity index (χ0v) is 11.2. The lowest BCUT2D eigenvalue weighted by Crippen LogP contribution is -2.35. The van der Waals surface area contributed by atoms with Crippen LogP contribution >= 0.6 is 0 Å². The van der Waals surface area contributed by atoms with Crippen molar-refractivity contribution in [3.05, 3.63) is 23.9 Å². The van der Waals surface area contributed by atoms with Crippen molar-refractivity contribution < 1.29 is 4.74 Å². The van der Waals surface area contributed by atoms with Gasteiger partial charge in [0, 0.05) is 31.5 Å². The van der Waals surface area contributed by atoms with Crippen molar-refractivity contribution in [3.8, 4) is 0 Å². The van der Waals surface area contributed by atoms with Crippen LogP contribution in [0.1, 0.15) is 32.8 Å². The van der Waals surface area contributed by atoms with Crippen molar-refractivity contribution >= 4 is 5.82 Å². The van der Waals surface area contributed by atoms with E-state index in [-0.39, 0.29) is 5.60 Å². The summed E-state index contributed by atoms with van der Waals surface area (Å²) >= 11 is 0. The number of anilines is 1. The van der Waals surface area contributed by atoms with E-state index in [9.17, 15) is 0 Å². The van der Waals surface area contributed by atoms with Gasteiger partial charge in [-0.05, 0) is 33.3 Å². The summed E-state index contributed by atoms with van der Waals surface area (Å²) in [6.07, 6.45) is 2.65. The number of nitrogens with one attached hydrogen (secondary N) is 1. The number of ether oxygens (including phenoxy) is 1. The van der Waals surface area contributed by atoms with Gasteiger partial charge in [0.1, 0.15) is 5.82 Å². The van der Waals surface area contributed by atoms with Gasteiger partial charge < -0.3 is 15.8 Å². The number of nitrogens with two attached hydrogens (primary N) is 1. The summed E-state index contributed by atoms with van der Waals surface area (Å²) in [4.78, 5) is 4.06. The second-order valence-electron chi connectivity index (χ2n) is 5.00. The van der Waals surface area contributed by atoms with Crippen LogP contribution in [0.25, 0.3) is 0 Å². The molecule has 17 heavy (non-hydrogen) atoms. The average Bonchev–Trinajstić information content (AvgIpc) is 2.27. The van der Waals surface area contributed by atoms with Gasteiger partial charge in [-0.2, -0.15) is 0 Å². The van der Waals surface area contributed by atoms with Gasteiger partial charge in [0.25, 0.3) is 0 Å². The van der Waals surface area contributed by atoms with E-state index in [1.807, 2.05) is 12.1 Å². The van der Waals surface area contributed by atoms with E-state index in [4.69, 9.17) is 10.5 Å². The van der Waals surface area contributed by atoms with E-state index in [0.29, 0.717) is 11.9 Å². The quantitative estimate of drug-likeness (QED) is 0.794. The van der Waals surface area contributed by atoms with Crippen molar-refractivity contribution in [1.29, 1.82) is 0 Å². The third kappa shape index (κ3) is 4.71. The lowest BCUT2D eigenvalue weighted by atomic mass is 10.00. The van der Waals surface area contributed by atoms with Crippen LogP contribution in [0, 0.1) is 0 Å². The standard InChI is InChI=1S/C13H23N3O/c1-10(8-13(2,3)17-4)16-9-11-6-5-7-15-12(11)14/h5-7,10,16H,8-9H2,1-4H3,(H2,14,15). The summed E-state index contributed by atoms with van der Waals surface area (Å²) in [5.74, 6) is 0.596. The average molecular weight is 237 g/mol. The Labute approximate surface area is 104 Å². The Kier molecular flexibility index (Phi) is 4.90. The van der Waals surface area contributed by atoms with Crippen LogP contribution < -0.4 is 11.1 Å². The van der Waals surface area contributed by atoms with E-state index in [1.54, 1.807) is 13.3 Å². The van der Waals surface area contributed by atoms with E-state index >= 15 is 0 Å². The number of nitrogen functional groups attached to an aromatic ring is 1. The SMILES string of the molecule is COC(C)(C)CC(C)NCc1cccnc1N. The smallest absolute Gasteiger partial charge is 0.127 e. The molecular formula is C13H23N3O. The number of aromatic nitrogens is 1. The molecule has 0 radical (unpaired) electrons. The van der Waals surface area contributed by atoms with E-state index < -0.39 is 0 Å². The molecule has 0 spiro atoms. The summed E-state index contributed by atoms with van der Waals surface area (Å²) < 4.78 is 5.41. The van der Waals surface area contributed by atoms with E-state index in [0.717, 1.165) is 18.5 Å². The molecule has 1 unspecified atom stereocenters. The molecular weight excluding hydrogens is 214 g/mol. The minimum Gasteiger partial charge on any atom is -0.383 e. The molecule has 0 aliphatic rings. The van der Waals surface area contributed by atoms with Crippen LogP contribution in [0.4, 0.5) is 5.82 Å². The maximum Gasteiger partial charge on any atom is 0.127 e. The minimum atomic E-state index is -0.104. The normalized spacial score (nSPS) is 13.6. The van der Waals surface area contributed by atoms with Crippen molar-refractivity contribution in [1.82, 2.24) is 10.3 Å². The first-order chi connectivity index (χ1) is 7.94. The van der Waals surface area contributed by atoms with E-state index in [1.165, 1.54) is 0 Å². The topological polar surface area (TPSA) is 60.2 Å². The molecule has 0 aromatic carbocycles. The highest BCUT2D eigenvalue weighted by molar-refractivity contribution is 5.38. The largest absolute Gasteiger partial charge is 0.383 e. The third-order valence-electron chi connectivity index (χ3n) is 2.92. The Morgan fingerprint density at radius 1 is 1.53 bits per heavy atom. The van der Waals surface area contributed by atoms with Gasteiger partial charge in [-0.1, -0.05) is 6.07 Å². The number of rotatable bonds is 6. The van der Waals surface area contributed by atoms with Gasteiger partial charge in [-0.3, -0.25) is 0 Å². The zero-order valence-electron chi connectivity index (χ0n) is 11.2.